The average molecular weight is 431 g/mol. The molecule has 168 valence electrons. The van der Waals surface area contributed by atoms with E-state index in [9.17, 15) is 20.0 Å². The molecule has 0 aliphatic carbocycles. The number of carbonyl (C=O) groups is 1. The number of hydrogen-bond donors (Lipinski definition) is 1. The fourth-order valence-electron chi connectivity index (χ4n) is 3.19. The summed E-state index contributed by atoms with van der Waals surface area (Å²) in [6, 6.07) is 13.8. The number of benzene rings is 2. The number of hydrogen-bond acceptors (Lipinski definition) is 6. The number of unbranched alkanes of at least 4 members (excludes halogenated alkanes) is 1. The molecule has 0 aliphatic rings. The van der Waals surface area contributed by atoms with Crippen LogP contribution in [0.2, 0.25) is 0 Å². The van der Waals surface area contributed by atoms with Crippen molar-refractivity contribution < 1.29 is 29.0 Å². The van der Waals surface area contributed by atoms with Crippen molar-refractivity contribution in [3.8, 4) is 5.75 Å². The molecule has 0 aliphatic heterocycles. The molecule has 0 unspecified atom stereocenters. The van der Waals surface area contributed by atoms with Gasteiger partial charge >= 0.3 is 5.97 Å². The Bertz CT molecular complexity index is 828. The summed E-state index contributed by atoms with van der Waals surface area (Å²) in [5, 5.41) is 20.3. The quantitative estimate of drug-likeness (QED) is 0.204. The molecular weight excluding hydrogens is 402 g/mol. The number of rotatable bonds is 14. The molecule has 0 fully saturated rings. The van der Waals surface area contributed by atoms with E-state index in [4.69, 9.17) is 14.2 Å². The van der Waals surface area contributed by atoms with Crippen LogP contribution in [0.4, 0.5) is 5.69 Å². The lowest BCUT2D eigenvalue weighted by Gasteiger charge is -2.28. The predicted octanol–water partition coefficient (Wildman–Crippen LogP) is 4.39. The van der Waals surface area contributed by atoms with Crippen molar-refractivity contribution in [2.75, 3.05) is 19.8 Å². The molecule has 2 aromatic rings. The number of carboxylic acids is 1. The van der Waals surface area contributed by atoms with Crippen molar-refractivity contribution in [1.82, 2.24) is 0 Å². The highest BCUT2D eigenvalue weighted by atomic mass is 16.7. The summed E-state index contributed by atoms with van der Waals surface area (Å²) < 4.78 is 16.6. The minimum absolute atomic E-state index is 0.0960. The van der Waals surface area contributed by atoms with Gasteiger partial charge in [-0.2, -0.15) is 0 Å². The molecule has 0 amide bonds. The standard InChI is InChI=1S/C23H29NO7/c1-3-30-23(22(25)26,31-4-2)17-19-10-14-21(15-11-19)29-16-6-5-7-18-8-12-20(13-9-18)24(27)28/h8-15H,3-7,16-17H2,1-2H3,(H,25,26). The van der Waals surface area contributed by atoms with Gasteiger partial charge in [-0.1, -0.05) is 24.3 Å². The van der Waals surface area contributed by atoms with Crippen LogP contribution in [-0.2, 0) is 27.1 Å². The van der Waals surface area contributed by atoms with Crippen LogP contribution in [0.1, 0.15) is 37.8 Å². The summed E-state index contributed by atoms with van der Waals surface area (Å²) in [7, 11) is 0. The fraction of sp³-hybridized carbons (Fsp3) is 0.435. The molecule has 0 aromatic heterocycles. The van der Waals surface area contributed by atoms with E-state index < -0.39 is 16.7 Å². The molecular formula is C23H29NO7. The second kappa shape index (κ2) is 12.0. The Morgan fingerprint density at radius 1 is 0.968 bits per heavy atom. The zero-order chi connectivity index (χ0) is 22.7. The summed E-state index contributed by atoms with van der Waals surface area (Å²) >= 11 is 0. The first-order valence-electron chi connectivity index (χ1n) is 10.4. The summed E-state index contributed by atoms with van der Waals surface area (Å²) in [5.74, 6) is -2.14. The molecule has 0 saturated heterocycles. The van der Waals surface area contributed by atoms with E-state index in [1.54, 1.807) is 38.1 Å². The van der Waals surface area contributed by atoms with Gasteiger partial charge < -0.3 is 19.3 Å². The van der Waals surface area contributed by atoms with Crippen LogP contribution in [0.3, 0.4) is 0 Å². The lowest BCUT2D eigenvalue weighted by molar-refractivity contribution is -0.384. The number of aliphatic carboxylic acids is 1. The third kappa shape index (κ3) is 7.34. The van der Waals surface area contributed by atoms with Crippen molar-refractivity contribution in [3.63, 3.8) is 0 Å². The Labute approximate surface area is 181 Å². The molecule has 0 spiro atoms. The summed E-state index contributed by atoms with van der Waals surface area (Å²) in [6.45, 7) is 4.47. The molecule has 0 saturated carbocycles. The number of nitro groups is 1. The molecule has 8 nitrogen and oxygen atoms in total. The molecule has 0 atom stereocenters. The van der Waals surface area contributed by atoms with Crippen molar-refractivity contribution in [3.05, 3.63) is 69.8 Å². The lowest BCUT2D eigenvalue weighted by atomic mass is 10.0. The molecule has 1 N–H and O–H groups in total. The molecule has 2 aromatic carbocycles. The topological polar surface area (TPSA) is 108 Å². The van der Waals surface area contributed by atoms with Gasteiger partial charge in [-0.15, -0.1) is 0 Å². The largest absolute Gasteiger partial charge is 0.494 e. The number of carboxylic acid groups (broad SMARTS) is 1. The number of nitrogens with zero attached hydrogens (tertiary/aromatic N) is 1. The van der Waals surface area contributed by atoms with Gasteiger partial charge in [0.2, 0.25) is 0 Å². The summed E-state index contributed by atoms with van der Waals surface area (Å²) in [4.78, 5) is 22.0. The van der Waals surface area contributed by atoms with Crippen molar-refractivity contribution in [2.45, 2.75) is 45.3 Å². The molecule has 2 rings (SSSR count). The maximum Gasteiger partial charge on any atom is 0.364 e. The first kappa shape index (κ1) is 24.3. The first-order valence-corrected chi connectivity index (χ1v) is 10.4. The zero-order valence-electron chi connectivity index (χ0n) is 17.9. The van der Waals surface area contributed by atoms with Gasteiger partial charge in [0.05, 0.1) is 11.5 Å². The number of nitro benzene ring substituents is 1. The van der Waals surface area contributed by atoms with Crippen LogP contribution in [0.5, 0.6) is 5.75 Å². The first-order chi connectivity index (χ1) is 14.9. The maximum atomic E-state index is 11.7. The highest BCUT2D eigenvalue weighted by Crippen LogP contribution is 2.23. The average Bonchev–Trinajstić information content (AvgIpc) is 2.75. The third-order valence-electron chi connectivity index (χ3n) is 4.72. The second-order valence-corrected chi connectivity index (χ2v) is 6.97. The van der Waals surface area contributed by atoms with E-state index in [1.165, 1.54) is 12.1 Å². The molecule has 8 heteroatoms. The highest BCUT2D eigenvalue weighted by molar-refractivity contribution is 5.76. The van der Waals surface area contributed by atoms with Crippen LogP contribution >= 0.6 is 0 Å². The maximum absolute atomic E-state index is 11.7. The minimum Gasteiger partial charge on any atom is -0.494 e. The van der Waals surface area contributed by atoms with Crippen LogP contribution in [0, 0.1) is 10.1 Å². The Morgan fingerprint density at radius 3 is 2.06 bits per heavy atom. The Morgan fingerprint density at radius 2 is 1.55 bits per heavy atom. The summed E-state index contributed by atoms with van der Waals surface area (Å²) in [5.41, 5.74) is 1.92. The van der Waals surface area contributed by atoms with Crippen LogP contribution in [0.25, 0.3) is 0 Å². The van der Waals surface area contributed by atoms with Crippen molar-refractivity contribution >= 4 is 11.7 Å². The molecule has 0 heterocycles. The van der Waals surface area contributed by atoms with Gasteiger partial charge in [0.1, 0.15) is 5.75 Å². The van der Waals surface area contributed by atoms with Gasteiger partial charge in [-0.05, 0) is 56.4 Å². The molecule has 31 heavy (non-hydrogen) atoms. The Kier molecular flexibility index (Phi) is 9.42. The fourth-order valence-corrected chi connectivity index (χ4v) is 3.19. The predicted molar refractivity (Wildman–Crippen MR) is 115 cm³/mol. The molecule has 0 radical (unpaired) electrons. The third-order valence-corrected chi connectivity index (χ3v) is 4.72. The smallest absolute Gasteiger partial charge is 0.364 e. The van der Waals surface area contributed by atoms with Crippen LogP contribution in [0.15, 0.2) is 48.5 Å². The van der Waals surface area contributed by atoms with Crippen molar-refractivity contribution in [1.29, 1.82) is 0 Å². The second-order valence-electron chi connectivity index (χ2n) is 6.97. The SMILES string of the molecule is CCOC(Cc1ccc(OCCCCc2ccc([N+](=O)[O-])cc2)cc1)(OCC)C(=O)O. The molecule has 0 bridgehead atoms. The van der Waals surface area contributed by atoms with Gasteiger partial charge in [0, 0.05) is 31.8 Å². The normalized spacial score (nSPS) is 11.3. The van der Waals surface area contributed by atoms with E-state index in [1.807, 2.05) is 12.1 Å². The van der Waals surface area contributed by atoms with Crippen molar-refractivity contribution in [2.24, 2.45) is 0 Å². The van der Waals surface area contributed by atoms with E-state index in [0.29, 0.717) is 12.4 Å². The van der Waals surface area contributed by atoms with E-state index in [-0.39, 0.29) is 25.3 Å². The van der Waals surface area contributed by atoms with Crippen LogP contribution < -0.4 is 4.74 Å². The highest BCUT2D eigenvalue weighted by Gasteiger charge is 2.40. The number of ether oxygens (including phenoxy) is 3. The van der Waals surface area contributed by atoms with Gasteiger partial charge in [-0.25, -0.2) is 4.79 Å². The van der Waals surface area contributed by atoms with Gasteiger partial charge in [-0.3, -0.25) is 10.1 Å². The lowest BCUT2D eigenvalue weighted by Crippen LogP contribution is -2.46. The zero-order valence-corrected chi connectivity index (χ0v) is 17.9. The van der Waals surface area contributed by atoms with E-state index in [0.717, 1.165) is 30.4 Å². The van der Waals surface area contributed by atoms with E-state index in [2.05, 4.69) is 0 Å². The van der Waals surface area contributed by atoms with E-state index >= 15 is 0 Å². The van der Waals surface area contributed by atoms with Gasteiger partial charge in [0.15, 0.2) is 0 Å². The number of non-ortho nitro benzene ring substituents is 1. The summed E-state index contributed by atoms with van der Waals surface area (Å²) in [6.07, 6.45) is 2.67. The number of aryl methyl sites for hydroxylation is 1. The Hall–Kier alpha value is -2.97. The Balaban J connectivity index is 1.80. The monoisotopic (exact) mass is 431 g/mol. The van der Waals surface area contributed by atoms with Crippen LogP contribution in [-0.4, -0.2) is 41.6 Å². The van der Waals surface area contributed by atoms with Gasteiger partial charge in [0.25, 0.3) is 11.5 Å². The minimum atomic E-state index is -1.69.